The van der Waals surface area contributed by atoms with Crippen molar-refractivity contribution in [3.8, 4) is 0 Å². The second kappa shape index (κ2) is 10.9. The molecule has 164 valence electrons. The minimum Gasteiger partial charge on any atom is -0.289 e. The number of amides is 4. The maximum Gasteiger partial charge on any atom is 0.242 e. The lowest BCUT2D eigenvalue weighted by Crippen LogP contribution is -2.40. The molecule has 29 heavy (non-hydrogen) atoms. The number of likely N-dealkylation sites (tertiary alicyclic amines) is 2. The zero-order chi connectivity index (χ0) is 21.6. The number of thioether (sulfide) groups is 2. The van der Waals surface area contributed by atoms with Crippen molar-refractivity contribution in [3.63, 3.8) is 0 Å². The molecule has 2 rings (SSSR count). The van der Waals surface area contributed by atoms with Crippen molar-refractivity contribution in [2.75, 3.05) is 44.9 Å². The van der Waals surface area contributed by atoms with Crippen LogP contribution < -0.4 is 10.2 Å². The summed E-state index contributed by atoms with van der Waals surface area (Å²) in [5, 5.41) is 5.27. The van der Waals surface area contributed by atoms with E-state index in [1.807, 2.05) is 6.92 Å². The number of imide groups is 2. The summed E-state index contributed by atoms with van der Waals surface area (Å²) in [4.78, 5) is 50.7. The minimum atomic E-state index is -2.97. The van der Waals surface area contributed by atoms with E-state index in [0.29, 0.717) is 12.6 Å². The fourth-order valence-electron chi connectivity index (χ4n) is 3.36. The third-order valence-electron chi connectivity index (χ3n) is 4.92. The number of hydrogen-bond acceptors (Lipinski definition) is 7. The highest BCUT2D eigenvalue weighted by atomic mass is 32.2. The normalized spacial score (nSPS) is 24.7. The number of nitrogens with zero attached hydrogens (tertiary/aromatic N) is 2. The highest BCUT2D eigenvalue weighted by Gasteiger charge is 2.39. The van der Waals surface area contributed by atoms with Crippen LogP contribution in [0, 0.1) is 0 Å². The van der Waals surface area contributed by atoms with E-state index in [-0.39, 0.29) is 73.1 Å². The Kier molecular flexibility index (Phi) is 9.21. The summed E-state index contributed by atoms with van der Waals surface area (Å²) < 4.78 is 13.1. The molecule has 2 aliphatic rings. The minimum absolute atomic E-state index is 0.169. The van der Waals surface area contributed by atoms with Crippen molar-refractivity contribution in [2.45, 2.75) is 36.7 Å². The summed E-state index contributed by atoms with van der Waals surface area (Å²) >= 11 is 2.72. The zero-order valence-corrected chi connectivity index (χ0v) is 19.5. The second-order valence-electron chi connectivity index (χ2n) is 6.90. The van der Waals surface area contributed by atoms with E-state index in [2.05, 4.69) is 10.2 Å². The maximum absolute atomic E-state index is 13.1. The van der Waals surface area contributed by atoms with Gasteiger partial charge in [0.1, 0.15) is 0 Å². The summed E-state index contributed by atoms with van der Waals surface area (Å²) in [6.45, 7) is 2.69. The van der Waals surface area contributed by atoms with Crippen LogP contribution in [0.25, 0.3) is 0 Å². The molecule has 0 saturated carbocycles. The van der Waals surface area contributed by atoms with Gasteiger partial charge < -0.3 is 0 Å². The predicted molar refractivity (Wildman–Crippen MR) is 116 cm³/mol. The average molecular weight is 465 g/mol. The van der Waals surface area contributed by atoms with Crippen LogP contribution in [0.15, 0.2) is 0 Å². The molecule has 9 nitrogen and oxygen atoms in total. The molecule has 2 heterocycles. The van der Waals surface area contributed by atoms with E-state index in [9.17, 15) is 23.7 Å². The quantitative estimate of drug-likeness (QED) is 0.319. The van der Waals surface area contributed by atoms with Gasteiger partial charge in [-0.1, -0.05) is 6.92 Å². The van der Waals surface area contributed by atoms with Crippen LogP contribution in [-0.4, -0.2) is 88.8 Å². The van der Waals surface area contributed by atoms with E-state index >= 15 is 0 Å². The summed E-state index contributed by atoms with van der Waals surface area (Å²) in [6.07, 6.45) is 5.07. The van der Waals surface area contributed by atoms with Crippen LogP contribution >= 0.6 is 31.0 Å². The molecule has 2 saturated heterocycles. The number of hydrogen-bond donors (Lipinski definition) is 2. The van der Waals surface area contributed by atoms with Gasteiger partial charge in [-0.25, -0.2) is 0 Å². The molecule has 0 aliphatic carbocycles. The first-order valence-corrected chi connectivity index (χ1v) is 14.1. The predicted octanol–water partition coefficient (Wildman–Crippen LogP) is 0.750. The van der Waals surface area contributed by atoms with Gasteiger partial charge in [0.05, 0.1) is 10.5 Å². The molecule has 0 radical (unpaired) electrons. The van der Waals surface area contributed by atoms with Crippen LogP contribution in [0.2, 0.25) is 0 Å². The first kappa shape index (κ1) is 24.4. The third-order valence-corrected chi connectivity index (χ3v) is 9.34. The van der Waals surface area contributed by atoms with Crippen LogP contribution in [0.4, 0.5) is 0 Å². The molecule has 0 bridgehead atoms. The van der Waals surface area contributed by atoms with Gasteiger partial charge in [-0.15, -0.1) is 0 Å². The molecule has 2 aliphatic heterocycles. The molecule has 4 amide bonds. The van der Waals surface area contributed by atoms with E-state index < -0.39 is 7.44 Å². The number of carbonyl (C=O) groups excluding carboxylic acids is 4. The standard InChI is InChI=1S/C17H29N4O5PS2/c1-4-9-27(26,18-5-7-20-14(22)10-12(28-2)16(20)24)19-6-8-21-15(23)11-13(29-3)17(21)25/h12-13H,4-11H2,1-3H3,(H2,18,19,26). The Balaban J connectivity index is 1.84. The van der Waals surface area contributed by atoms with E-state index in [0.717, 1.165) is 0 Å². The zero-order valence-electron chi connectivity index (χ0n) is 17.0. The summed E-state index contributed by atoms with van der Waals surface area (Å²) in [5.41, 5.74) is 0. The smallest absolute Gasteiger partial charge is 0.242 e. The molecule has 2 fully saturated rings. The van der Waals surface area contributed by atoms with E-state index in [4.69, 9.17) is 0 Å². The van der Waals surface area contributed by atoms with Crippen LogP contribution in [0.1, 0.15) is 26.2 Å². The Morgan fingerprint density at radius 2 is 1.31 bits per heavy atom. The van der Waals surface area contributed by atoms with Gasteiger partial charge in [-0.2, -0.15) is 23.5 Å². The molecule has 0 aromatic rings. The van der Waals surface area contributed by atoms with Crippen LogP contribution in [0.5, 0.6) is 0 Å². The largest absolute Gasteiger partial charge is 0.289 e. The first-order chi connectivity index (χ1) is 13.8. The lowest BCUT2D eigenvalue weighted by molar-refractivity contribution is -0.139. The molecule has 0 spiro atoms. The Hall–Kier alpha value is -0.870. The van der Waals surface area contributed by atoms with Crippen molar-refractivity contribution in [3.05, 3.63) is 0 Å². The summed E-state index contributed by atoms with van der Waals surface area (Å²) in [7, 11) is -2.97. The van der Waals surface area contributed by atoms with Gasteiger partial charge in [0.25, 0.3) is 0 Å². The lowest BCUT2D eigenvalue weighted by atomic mass is 10.4. The monoisotopic (exact) mass is 464 g/mol. The average Bonchev–Trinajstić information content (AvgIpc) is 3.11. The molecule has 0 aromatic heterocycles. The lowest BCUT2D eigenvalue weighted by Gasteiger charge is -2.23. The number of carbonyl (C=O) groups is 4. The van der Waals surface area contributed by atoms with E-state index in [1.54, 1.807) is 12.5 Å². The van der Waals surface area contributed by atoms with Crippen molar-refractivity contribution in [1.82, 2.24) is 20.0 Å². The molecule has 2 atom stereocenters. The van der Waals surface area contributed by atoms with E-state index in [1.165, 1.54) is 33.3 Å². The Bertz CT molecular complexity index is 655. The maximum atomic E-state index is 13.1. The molecular formula is C17H29N4O5PS2. The highest BCUT2D eigenvalue weighted by molar-refractivity contribution is 8.00. The van der Waals surface area contributed by atoms with Gasteiger partial charge in [0.15, 0.2) is 0 Å². The van der Waals surface area contributed by atoms with Crippen molar-refractivity contribution >= 4 is 54.6 Å². The molecule has 0 aromatic carbocycles. The second-order valence-corrected chi connectivity index (χ2v) is 11.5. The Morgan fingerprint density at radius 1 is 0.897 bits per heavy atom. The Morgan fingerprint density at radius 3 is 1.62 bits per heavy atom. The molecule has 2 unspecified atom stereocenters. The third kappa shape index (κ3) is 6.07. The molecular weight excluding hydrogens is 435 g/mol. The van der Waals surface area contributed by atoms with Crippen molar-refractivity contribution in [1.29, 1.82) is 0 Å². The summed E-state index contributed by atoms with van der Waals surface area (Å²) in [6, 6.07) is 0. The fourth-order valence-corrected chi connectivity index (χ4v) is 6.61. The van der Waals surface area contributed by atoms with Gasteiger partial charge in [0.2, 0.25) is 31.1 Å². The van der Waals surface area contributed by atoms with Gasteiger partial charge in [-0.05, 0) is 18.9 Å². The SMILES string of the molecule is CCCP(=O)(NCCN1C(=O)CC(SC)C1=O)NCCN1C(=O)CC(SC)C1=O. The number of nitrogens with one attached hydrogen (secondary N) is 2. The molecule has 2 N–H and O–H groups in total. The highest BCUT2D eigenvalue weighted by Crippen LogP contribution is 2.36. The molecule has 12 heteroatoms. The first-order valence-electron chi connectivity index (χ1n) is 9.59. The number of rotatable bonds is 12. The fraction of sp³-hybridized carbons (Fsp3) is 0.765. The van der Waals surface area contributed by atoms with Gasteiger partial charge in [-0.3, -0.25) is 43.7 Å². The van der Waals surface area contributed by atoms with Crippen molar-refractivity contribution < 1.29 is 23.7 Å². The van der Waals surface area contributed by atoms with Gasteiger partial charge >= 0.3 is 0 Å². The summed E-state index contributed by atoms with van der Waals surface area (Å²) in [5.74, 6) is -0.804. The topological polar surface area (TPSA) is 116 Å². The van der Waals surface area contributed by atoms with Crippen LogP contribution in [0.3, 0.4) is 0 Å². The van der Waals surface area contributed by atoms with Gasteiger partial charge in [0, 0.05) is 45.2 Å². The van der Waals surface area contributed by atoms with Crippen LogP contribution in [-0.2, 0) is 23.7 Å². The Labute approximate surface area is 179 Å². The van der Waals surface area contributed by atoms with Crippen molar-refractivity contribution in [2.24, 2.45) is 0 Å².